The van der Waals surface area contributed by atoms with Gasteiger partial charge in [0.15, 0.2) is 10.6 Å². The summed E-state index contributed by atoms with van der Waals surface area (Å²) in [5, 5.41) is 13.5. The Bertz CT molecular complexity index is 1160. The number of aromatic nitrogens is 5. The molecule has 7 nitrogen and oxygen atoms in total. The van der Waals surface area contributed by atoms with Crippen LogP contribution in [-0.4, -0.2) is 42.4 Å². The summed E-state index contributed by atoms with van der Waals surface area (Å²) in [4.78, 5) is 15.7. The number of hydrogen-bond acceptors (Lipinski definition) is 5. The number of nitrogens with one attached hydrogen (secondary N) is 1. The van der Waals surface area contributed by atoms with Crippen molar-refractivity contribution in [3.8, 4) is 16.4 Å². The van der Waals surface area contributed by atoms with Crippen molar-refractivity contribution in [3.05, 3.63) is 70.6 Å². The molecule has 0 aliphatic rings. The molecule has 1 unspecified atom stereocenters. The molecule has 0 fully saturated rings. The first-order valence-corrected chi connectivity index (χ1v) is 10.4. The molecule has 3 heterocycles. The Balaban J connectivity index is 1.51. The minimum atomic E-state index is -0.479. The Hall–Kier alpha value is -3.04. The zero-order valence-corrected chi connectivity index (χ0v) is 17.7. The second-order valence-electron chi connectivity index (χ2n) is 6.70. The van der Waals surface area contributed by atoms with E-state index in [9.17, 15) is 4.79 Å². The molecule has 3 aromatic heterocycles. The van der Waals surface area contributed by atoms with Gasteiger partial charge < -0.3 is 4.90 Å². The Morgan fingerprint density at radius 1 is 1.28 bits per heavy atom. The Morgan fingerprint density at radius 2 is 2.07 bits per heavy atom. The number of rotatable bonds is 6. The number of amides is 1. The van der Waals surface area contributed by atoms with Crippen molar-refractivity contribution in [2.24, 2.45) is 0 Å². The predicted octanol–water partition coefficient (Wildman–Crippen LogP) is 4.07. The van der Waals surface area contributed by atoms with E-state index >= 15 is 0 Å². The van der Waals surface area contributed by atoms with E-state index in [1.54, 1.807) is 38.7 Å². The highest BCUT2D eigenvalue weighted by molar-refractivity contribution is 7.71. The Morgan fingerprint density at radius 3 is 2.79 bits per heavy atom. The van der Waals surface area contributed by atoms with Crippen LogP contribution in [0.3, 0.4) is 0 Å². The lowest BCUT2D eigenvalue weighted by Gasteiger charge is -2.22. The highest BCUT2D eigenvalue weighted by Crippen LogP contribution is 2.26. The van der Waals surface area contributed by atoms with Gasteiger partial charge in [-0.25, -0.2) is 4.68 Å². The maximum atomic E-state index is 13.1. The maximum absolute atomic E-state index is 13.1. The average molecular weight is 425 g/mol. The summed E-state index contributed by atoms with van der Waals surface area (Å²) >= 11 is 6.94. The smallest absolute Gasteiger partial charge is 0.245 e. The van der Waals surface area contributed by atoms with Gasteiger partial charge >= 0.3 is 0 Å². The van der Waals surface area contributed by atoms with E-state index in [4.69, 9.17) is 12.2 Å². The van der Waals surface area contributed by atoms with Gasteiger partial charge in [0.2, 0.25) is 5.91 Å². The van der Waals surface area contributed by atoms with Gasteiger partial charge in [0.1, 0.15) is 6.04 Å². The Labute approximate surface area is 177 Å². The van der Waals surface area contributed by atoms with E-state index in [0.717, 1.165) is 16.1 Å². The van der Waals surface area contributed by atoms with Gasteiger partial charge in [-0.2, -0.15) is 10.2 Å². The normalized spacial score (nSPS) is 12.1. The SMILES string of the molecule is CC(C(=O)N(C)Cc1cnn(-c2ccccc2)c1)n1c(-c2cccs2)n[nH]c1=S. The van der Waals surface area contributed by atoms with E-state index < -0.39 is 6.04 Å². The number of para-hydroxylation sites is 1. The number of carbonyl (C=O) groups excluding carboxylic acids is 1. The minimum Gasteiger partial charge on any atom is -0.340 e. The molecule has 0 bridgehead atoms. The third-order valence-corrected chi connectivity index (χ3v) is 5.80. The van der Waals surface area contributed by atoms with Crippen LogP contribution in [0.15, 0.2) is 60.2 Å². The van der Waals surface area contributed by atoms with Gasteiger partial charge in [0, 0.05) is 25.4 Å². The van der Waals surface area contributed by atoms with Gasteiger partial charge in [0.05, 0.1) is 16.8 Å². The molecule has 0 aliphatic heterocycles. The van der Waals surface area contributed by atoms with Crippen molar-refractivity contribution < 1.29 is 4.79 Å². The van der Waals surface area contributed by atoms with Crippen molar-refractivity contribution >= 4 is 29.5 Å². The average Bonchev–Trinajstić information content (AvgIpc) is 3.48. The predicted molar refractivity (Wildman–Crippen MR) is 115 cm³/mol. The molecule has 1 atom stereocenters. The fourth-order valence-electron chi connectivity index (χ4n) is 3.19. The fraction of sp³-hybridized carbons (Fsp3) is 0.200. The van der Waals surface area contributed by atoms with E-state index in [2.05, 4.69) is 15.3 Å². The third kappa shape index (κ3) is 3.92. The van der Waals surface area contributed by atoms with E-state index in [1.165, 1.54) is 0 Å². The maximum Gasteiger partial charge on any atom is 0.245 e. The van der Waals surface area contributed by atoms with Crippen molar-refractivity contribution in [2.75, 3.05) is 7.05 Å². The van der Waals surface area contributed by atoms with Gasteiger partial charge in [-0.05, 0) is 42.7 Å². The van der Waals surface area contributed by atoms with Crippen LogP contribution in [0.4, 0.5) is 0 Å². The molecule has 1 amide bonds. The summed E-state index contributed by atoms with van der Waals surface area (Å²) < 4.78 is 4.01. The molecular formula is C20H20N6OS2. The van der Waals surface area contributed by atoms with Crippen molar-refractivity contribution in [2.45, 2.75) is 19.5 Å². The first kappa shape index (κ1) is 19.3. The number of aromatic amines is 1. The number of likely N-dealkylation sites (N-methyl/N-ethyl adjacent to an activating group) is 1. The molecule has 1 aromatic carbocycles. The first-order chi connectivity index (χ1) is 14.0. The molecule has 4 aromatic rings. The van der Waals surface area contributed by atoms with E-state index in [0.29, 0.717) is 17.1 Å². The summed E-state index contributed by atoms with van der Waals surface area (Å²) in [6.45, 7) is 2.30. The molecule has 0 spiro atoms. The van der Waals surface area contributed by atoms with Crippen molar-refractivity contribution in [1.82, 2.24) is 29.4 Å². The van der Waals surface area contributed by atoms with E-state index in [-0.39, 0.29) is 5.91 Å². The van der Waals surface area contributed by atoms with Gasteiger partial charge in [-0.1, -0.05) is 24.3 Å². The Kier molecular flexibility index (Phi) is 5.41. The molecule has 0 saturated carbocycles. The quantitative estimate of drug-likeness (QED) is 0.474. The van der Waals surface area contributed by atoms with Crippen LogP contribution in [0.1, 0.15) is 18.5 Å². The first-order valence-electron chi connectivity index (χ1n) is 9.09. The molecule has 0 radical (unpaired) electrons. The standard InChI is InChI=1S/C20H20N6OS2/c1-14(26-18(22-23-20(26)28)17-9-6-10-29-17)19(27)24(2)12-15-11-21-25(13-15)16-7-4-3-5-8-16/h3-11,13-14H,12H2,1-2H3,(H,23,28). The number of hydrogen-bond donors (Lipinski definition) is 1. The van der Waals surface area contributed by atoms with Crippen LogP contribution in [0.25, 0.3) is 16.4 Å². The number of carbonyl (C=O) groups is 1. The van der Waals surface area contributed by atoms with E-state index in [1.807, 2.05) is 61.0 Å². The molecule has 0 saturated heterocycles. The summed E-state index contributed by atoms with van der Waals surface area (Å²) in [6.07, 6.45) is 3.71. The lowest BCUT2D eigenvalue weighted by Crippen LogP contribution is -2.33. The van der Waals surface area contributed by atoms with Crippen LogP contribution in [0.2, 0.25) is 0 Å². The summed E-state index contributed by atoms with van der Waals surface area (Å²) in [5.74, 6) is 0.629. The lowest BCUT2D eigenvalue weighted by atomic mass is 10.2. The lowest BCUT2D eigenvalue weighted by molar-refractivity contribution is -0.133. The second kappa shape index (κ2) is 8.14. The number of thiophene rings is 1. The molecule has 148 valence electrons. The van der Waals surface area contributed by atoms with Crippen LogP contribution in [0, 0.1) is 4.77 Å². The van der Waals surface area contributed by atoms with Gasteiger partial charge in [-0.3, -0.25) is 14.5 Å². The van der Waals surface area contributed by atoms with Crippen molar-refractivity contribution in [3.63, 3.8) is 0 Å². The largest absolute Gasteiger partial charge is 0.340 e. The number of benzene rings is 1. The highest BCUT2D eigenvalue weighted by atomic mass is 32.1. The molecule has 1 N–H and O–H groups in total. The van der Waals surface area contributed by atoms with Crippen LogP contribution in [0.5, 0.6) is 0 Å². The summed E-state index contributed by atoms with van der Waals surface area (Å²) in [7, 11) is 1.78. The van der Waals surface area contributed by atoms with Crippen LogP contribution in [-0.2, 0) is 11.3 Å². The molecule has 9 heteroatoms. The molecule has 4 rings (SSSR count). The molecular weight excluding hydrogens is 404 g/mol. The van der Waals surface area contributed by atoms with Crippen LogP contribution >= 0.6 is 23.6 Å². The minimum absolute atomic E-state index is 0.0484. The molecule has 0 aliphatic carbocycles. The third-order valence-electron chi connectivity index (χ3n) is 4.64. The number of H-pyrrole nitrogens is 1. The second-order valence-corrected chi connectivity index (χ2v) is 8.03. The van der Waals surface area contributed by atoms with Crippen LogP contribution < -0.4 is 0 Å². The topological polar surface area (TPSA) is 71.7 Å². The monoisotopic (exact) mass is 424 g/mol. The zero-order chi connectivity index (χ0) is 20.4. The van der Waals surface area contributed by atoms with Gasteiger partial charge in [0.25, 0.3) is 0 Å². The highest BCUT2D eigenvalue weighted by Gasteiger charge is 2.24. The fourth-order valence-corrected chi connectivity index (χ4v) is 4.19. The summed E-state index contributed by atoms with van der Waals surface area (Å²) in [5.41, 5.74) is 1.93. The van der Waals surface area contributed by atoms with Crippen molar-refractivity contribution in [1.29, 1.82) is 0 Å². The zero-order valence-electron chi connectivity index (χ0n) is 16.0. The number of nitrogens with zero attached hydrogens (tertiary/aromatic N) is 5. The van der Waals surface area contributed by atoms with Gasteiger partial charge in [-0.15, -0.1) is 11.3 Å². The summed E-state index contributed by atoms with van der Waals surface area (Å²) in [6, 6.07) is 13.3. The molecule has 29 heavy (non-hydrogen) atoms.